The second kappa shape index (κ2) is 12.1. The number of fused-ring (bicyclic) bond motifs is 1. The molecule has 0 spiro atoms. The zero-order valence-corrected chi connectivity index (χ0v) is 20.4. The first-order valence-electron chi connectivity index (χ1n) is 12.2. The van der Waals surface area contributed by atoms with Gasteiger partial charge in [0.2, 0.25) is 5.91 Å². The highest BCUT2D eigenvalue weighted by molar-refractivity contribution is 5.78. The number of hydrogen-bond donors (Lipinski definition) is 1. The van der Waals surface area contributed by atoms with E-state index in [9.17, 15) is 4.79 Å². The van der Waals surface area contributed by atoms with Crippen LogP contribution in [0.3, 0.4) is 0 Å². The first-order chi connectivity index (χ1) is 17.2. The predicted octanol–water partition coefficient (Wildman–Crippen LogP) is 5.71. The molecule has 1 aromatic heterocycles. The molecule has 1 N–H and O–H groups in total. The Labute approximate surface area is 206 Å². The van der Waals surface area contributed by atoms with E-state index in [0.29, 0.717) is 13.0 Å². The standard InChI is InChI=1S/C29H33N3O3/c1-22(30-28(33)19-18-23-12-4-3-5-13-23)29-31-24-14-6-7-15-25(24)32(29)20-10-11-21-35-27-17-9-8-16-26(27)34-2/h3-9,12-17,22H,10-11,18-21H2,1-2H3,(H,30,33). The van der Waals surface area contributed by atoms with E-state index in [4.69, 9.17) is 14.5 Å². The first-order valence-corrected chi connectivity index (χ1v) is 12.2. The molecule has 0 fully saturated rings. The second-order valence-corrected chi connectivity index (χ2v) is 8.59. The zero-order valence-electron chi connectivity index (χ0n) is 20.4. The molecule has 1 atom stereocenters. The minimum absolute atomic E-state index is 0.0326. The molecule has 1 amide bonds. The van der Waals surface area contributed by atoms with E-state index in [2.05, 4.69) is 16.0 Å². The Kier molecular flexibility index (Phi) is 8.39. The summed E-state index contributed by atoms with van der Waals surface area (Å²) in [6.45, 7) is 3.41. The summed E-state index contributed by atoms with van der Waals surface area (Å²) in [5.74, 6) is 2.41. The van der Waals surface area contributed by atoms with Crippen molar-refractivity contribution in [1.82, 2.24) is 14.9 Å². The van der Waals surface area contributed by atoms with Gasteiger partial charge in [-0.15, -0.1) is 0 Å². The van der Waals surface area contributed by atoms with Gasteiger partial charge in [0.05, 0.1) is 30.8 Å². The van der Waals surface area contributed by atoms with Crippen LogP contribution in [0, 0.1) is 0 Å². The molecule has 0 aliphatic carbocycles. The van der Waals surface area contributed by atoms with E-state index in [0.717, 1.165) is 59.7 Å². The minimum Gasteiger partial charge on any atom is -0.493 e. The Balaban J connectivity index is 1.36. The lowest BCUT2D eigenvalue weighted by atomic mass is 10.1. The number of para-hydroxylation sites is 4. The van der Waals surface area contributed by atoms with E-state index < -0.39 is 0 Å². The molecule has 1 unspecified atom stereocenters. The SMILES string of the molecule is COc1ccccc1OCCCCn1c(C(C)NC(=O)CCc2ccccc2)nc2ccccc21. The summed E-state index contributed by atoms with van der Waals surface area (Å²) in [7, 11) is 1.65. The lowest BCUT2D eigenvalue weighted by Gasteiger charge is -2.17. The molecule has 0 saturated carbocycles. The molecule has 3 aromatic carbocycles. The number of hydrogen-bond acceptors (Lipinski definition) is 4. The van der Waals surface area contributed by atoms with E-state index >= 15 is 0 Å². The van der Waals surface area contributed by atoms with Gasteiger partial charge in [-0.2, -0.15) is 0 Å². The van der Waals surface area contributed by atoms with Gasteiger partial charge in [0.15, 0.2) is 11.5 Å². The van der Waals surface area contributed by atoms with E-state index in [1.54, 1.807) is 7.11 Å². The predicted molar refractivity (Wildman–Crippen MR) is 139 cm³/mol. The second-order valence-electron chi connectivity index (χ2n) is 8.59. The van der Waals surface area contributed by atoms with Gasteiger partial charge >= 0.3 is 0 Å². The normalized spacial score (nSPS) is 11.8. The van der Waals surface area contributed by atoms with Crippen molar-refractivity contribution in [3.05, 3.63) is 90.3 Å². The van der Waals surface area contributed by atoms with Crippen molar-refractivity contribution < 1.29 is 14.3 Å². The summed E-state index contributed by atoms with van der Waals surface area (Å²) in [6, 6.07) is 25.7. The quantitative estimate of drug-likeness (QED) is 0.269. The molecule has 1 heterocycles. The third kappa shape index (κ3) is 6.41. The van der Waals surface area contributed by atoms with Crippen LogP contribution in [0.1, 0.15) is 43.6 Å². The Morgan fingerprint density at radius 2 is 1.66 bits per heavy atom. The Hall–Kier alpha value is -3.80. The van der Waals surface area contributed by atoms with Crippen LogP contribution in [0.5, 0.6) is 11.5 Å². The number of carbonyl (C=O) groups is 1. The van der Waals surface area contributed by atoms with Gasteiger partial charge in [0.25, 0.3) is 0 Å². The van der Waals surface area contributed by atoms with Crippen molar-refractivity contribution >= 4 is 16.9 Å². The van der Waals surface area contributed by atoms with Crippen molar-refractivity contribution in [2.45, 2.75) is 45.2 Å². The number of aryl methyl sites for hydroxylation is 2. The topological polar surface area (TPSA) is 65.4 Å². The molecular weight excluding hydrogens is 438 g/mol. The fraction of sp³-hybridized carbons (Fsp3) is 0.310. The number of amides is 1. The van der Waals surface area contributed by atoms with Gasteiger partial charge < -0.3 is 19.4 Å². The number of carbonyl (C=O) groups excluding carboxylic acids is 1. The summed E-state index contributed by atoms with van der Waals surface area (Å²) >= 11 is 0. The fourth-order valence-electron chi connectivity index (χ4n) is 4.23. The molecule has 0 aliphatic heterocycles. The number of unbranched alkanes of at least 4 members (excludes halogenated alkanes) is 1. The summed E-state index contributed by atoms with van der Waals surface area (Å²) in [5.41, 5.74) is 3.19. The van der Waals surface area contributed by atoms with Crippen LogP contribution >= 0.6 is 0 Å². The van der Waals surface area contributed by atoms with Gasteiger partial charge in [0, 0.05) is 13.0 Å². The number of nitrogens with one attached hydrogen (secondary N) is 1. The summed E-state index contributed by atoms with van der Waals surface area (Å²) < 4.78 is 13.5. The van der Waals surface area contributed by atoms with Crippen LogP contribution in [0.2, 0.25) is 0 Å². The van der Waals surface area contributed by atoms with Crippen LogP contribution in [-0.2, 0) is 17.8 Å². The maximum absolute atomic E-state index is 12.6. The van der Waals surface area contributed by atoms with E-state index in [1.807, 2.05) is 79.7 Å². The number of nitrogens with zero attached hydrogens (tertiary/aromatic N) is 2. The summed E-state index contributed by atoms with van der Waals surface area (Å²) in [4.78, 5) is 17.5. The number of ether oxygens (including phenoxy) is 2. The number of rotatable bonds is 12. The lowest BCUT2D eigenvalue weighted by molar-refractivity contribution is -0.121. The van der Waals surface area contributed by atoms with Gasteiger partial charge in [0.1, 0.15) is 5.82 Å². The van der Waals surface area contributed by atoms with Crippen LogP contribution in [-0.4, -0.2) is 29.2 Å². The maximum atomic E-state index is 12.6. The van der Waals surface area contributed by atoms with Crippen LogP contribution in [0.15, 0.2) is 78.9 Å². The maximum Gasteiger partial charge on any atom is 0.220 e. The molecule has 0 radical (unpaired) electrons. The van der Waals surface area contributed by atoms with Gasteiger partial charge in [-0.25, -0.2) is 4.98 Å². The molecule has 4 rings (SSSR count). The lowest BCUT2D eigenvalue weighted by Crippen LogP contribution is -2.29. The Morgan fingerprint density at radius 3 is 2.46 bits per heavy atom. The molecular formula is C29H33N3O3. The Morgan fingerprint density at radius 1 is 0.943 bits per heavy atom. The van der Waals surface area contributed by atoms with E-state index in [1.165, 1.54) is 0 Å². The molecule has 0 aliphatic rings. The summed E-state index contributed by atoms with van der Waals surface area (Å²) in [6.07, 6.45) is 3.00. The average Bonchev–Trinajstić information content (AvgIpc) is 3.27. The highest BCUT2D eigenvalue weighted by atomic mass is 16.5. The molecule has 182 valence electrons. The van der Waals surface area contributed by atoms with Crippen molar-refractivity contribution in [3.63, 3.8) is 0 Å². The molecule has 0 bridgehead atoms. The fourth-order valence-corrected chi connectivity index (χ4v) is 4.23. The third-order valence-electron chi connectivity index (χ3n) is 6.04. The van der Waals surface area contributed by atoms with Crippen molar-refractivity contribution in [2.24, 2.45) is 0 Å². The number of benzene rings is 3. The van der Waals surface area contributed by atoms with Crippen molar-refractivity contribution in [1.29, 1.82) is 0 Å². The third-order valence-corrected chi connectivity index (χ3v) is 6.04. The van der Waals surface area contributed by atoms with Crippen LogP contribution in [0.25, 0.3) is 11.0 Å². The van der Waals surface area contributed by atoms with Gasteiger partial charge in [-0.05, 0) is 56.0 Å². The minimum atomic E-state index is -0.185. The molecule has 6 nitrogen and oxygen atoms in total. The molecule has 35 heavy (non-hydrogen) atoms. The van der Waals surface area contributed by atoms with Crippen molar-refractivity contribution in [2.75, 3.05) is 13.7 Å². The molecule has 0 saturated heterocycles. The van der Waals surface area contributed by atoms with Crippen molar-refractivity contribution in [3.8, 4) is 11.5 Å². The van der Waals surface area contributed by atoms with Gasteiger partial charge in [-0.3, -0.25) is 4.79 Å². The van der Waals surface area contributed by atoms with Gasteiger partial charge in [-0.1, -0.05) is 54.6 Å². The summed E-state index contributed by atoms with van der Waals surface area (Å²) in [5, 5.41) is 3.14. The number of imidazole rings is 1. The van der Waals surface area contributed by atoms with E-state index in [-0.39, 0.29) is 11.9 Å². The molecule has 4 aromatic rings. The number of methoxy groups -OCH3 is 1. The average molecular weight is 472 g/mol. The zero-order chi connectivity index (χ0) is 24.5. The largest absolute Gasteiger partial charge is 0.493 e. The monoisotopic (exact) mass is 471 g/mol. The highest BCUT2D eigenvalue weighted by Crippen LogP contribution is 2.26. The van der Waals surface area contributed by atoms with Crippen LogP contribution < -0.4 is 14.8 Å². The smallest absolute Gasteiger partial charge is 0.220 e. The van der Waals surface area contributed by atoms with Crippen LogP contribution in [0.4, 0.5) is 0 Å². The highest BCUT2D eigenvalue weighted by Gasteiger charge is 2.18. The Bertz CT molecular complexity index is 1240. The molecule has 6 heteroatoms. The first kappa shape index (κ1) is 24.3. The number of aromatic nitrogens is 2.